The molecule has 102 valence electrons. The molecule has 1 aliphatic heterocycles. The third-order valence-electron chi connectivity index (χ3n) is 3.20. The maximum absolute atomic E-state index is 11.7. The number of carbonyl (C=O) groups excluding carboxylic acids is 2. The third kappa shape index (κ3) is 3.24. The van der Waals surface area contributed by atoms with Crippen LogP contribution in [0.15, 0.2) is 24.3 Å². The van der Waals surface area contributed by atoms with Crippen LogP contribution in [0.3, 0.4) is 0 Å². The second-order valence-corrected chi connectivity index (χ2v) is 4.63. The fraction of sp³-hybridized carbons (Fsp3) is 0.429. The van der Waals surface area contributed by atoms with Gasteiger partial charge in [0.1, 0.15) is 0 Å². The van der Waals surface area contributed by atoms with E-state index in [0.717, 1.165) is 12.0 Å². The van der Waals surface area contributed by atoms with Crippen LogP contribution < -0.4 is 16.0 Å². The van der Waals surface area contributed by atoms with E-state index in [4.69, 9.17) is 0 Å². The average Bonchev–Trinajstić information content (AvgIpc) is 2.45. The van der Waals surface area contributed by atoms with Gasteiger partial charge in [0, 0.05) is 31.1 Å². The van der Waals surface area contributed by atoms with Crippen LogP contribution in [0.1, 0.15) is 35.2 Å². The molecular formula is C14H19N3O2. The van der Waals surface area contributed by atoms with Crippen LogP contribution in [0.4, 0.5) is 4.79 Å². The van der Waals surface area contributed by atoms with Gasteiger partial charge in [-0.1, -0.05) is 25.1 Å². The maximum Gasteiger partial charge on any atom is 0.314 e. The Bertz CT molecular complexity index is 474. The molecule has 0 saturated heterocycles. The highest BCUT2D eigenvalue weighted by atomic mass is 16.2. The molecule has 2 rings (SSSR count). The van der Waals surface area contributed by atoms with Crippen LogP contribution in [-0.2, 0) is 0 Å². The Morgan fingerprint density at radius 3 is 2.95 bits per heavy atom. The highest BCUT2D eigenvalue weighted by molar-refractivity contribution is 5.97. The first kappa shape index (κ1) is 13.4. The van der Waals surface area contributed by atoms with Crippen molar-refractivity contribution in [1.29, 1.82) is 0 Å². The minimum Gasteiger partial charge on any atom is -0.351 e. The van der Waals surface area contributed by atoms with Crippen molar-refractivity contribution >= 4 is 11.9 Å². The largest absolute Gasteiger partial charge is 0.351 e. The lowest BCUT2D eigenvalue weighted by molar-refractivity contribution is 0.0940. The molecule has 5 nitrogen and oxygen atoms in total. The summed E-state index contributed by atoms with van der Waals surface area (Å²) in [7, 11) is 0. The van der Waals surface area contributed by atoms with Crippen LogP contribution >= 0.6 is 0 Å². The first-order valence-corrected chi connectivity index (χ1v) is 6.61. The molecule has 1 aliphatic rings. The first-order valence-electron chi connectivity index (χ1n) is 6.61. The summed E-state index contributed by atoms with van der Waals surface area (Å²) in [5.41, 5.74) is 1.71. The molecule has 3 N–H and O–H groups in total. The van der Waals surface area contributed by atoms with Gasteiger partial charge >= 0.3 is 6.03 Å². The van der Waals surface area contributed by atoms with Crippen molar-refractivity contribution in [2.24, 2.45) is 0 Å². The Morgan fingerprint density at radius 2 is 2.16 bits per heavy atom. The van der Waals surface area contributed by atoms with Gasteiger partial charge in [0.05, 0.1) is 0 Å². The molecule has 0 bridgehead atoms. The van der Waals surface area contributed by atoms with Gasteiger partial charge in [0.15, 0.2) is 0 Å². The highest BCUT2D eigenvalue weighted by Gasteiger charge is 2.24. The topological polar surface area (TPSA) is 70.2 Å². The molecule has 0 aromatic heterocycles. The number of nitrogens with one attached hydrogen (secondary N) is 3. The number of benzene rings is 1. The zero-order valence-electron chi connectivity index (χ0n) is 11.0. The van der Waals surface area contributed by atoms with Crippen LogP contribution in [0.25, 0.3) is 0 Å². The highest BCUT2D eigenvalue weighted by Crippen LogP contribution is 2.22. The van der Waals surface area contributed by atoms with Crippen molar-refractivity contribution in [1.82, 2.24) is 16.0 Å². The zero-order chi connectivity index (χ0) is 13.7. The normalized spacial score (nSPS) is 17.3. The van der Waals surface area contributed by atoms with Crippen molar-refractivity contribution in [2.75, 3.05) is 19.6 Å². The molecule has 0 aliphatic carbocycles. The lowest BCUT2D eigenvalue weighted by Crippen LogP contribution is -2.43. The van der Waals surface area contributed by atoms with Crippen LogP contribution in [0, 0.1) is 0 Å². The van der Waals surface area contributed by atoms with Crippen molar-refractivity contribution < 1.29 is 9.59 Å². The molecule has 1 heterocycles. The second-order valence-electron chi connectivity index (χ2n) is 4.63. The molecule has 0 radical (unpaired) electrons. The summed E-state index contributed by atoms with van der Waals surface area (Å²) < 4.78 is 0. The molecular weight excluding hydrogens is 242 g/mol. The fourth-order valence-corrected chi connectivity index (χ4v) is 2.18. The van der Waals surface area contributed by atoms with E-state index in [1.54, 1.807) is 0 Å². The van der Waals surface area contributed by atoms with E-state index in [2.05, 4.69) is 16.0 Å². The van der Waals surface area contributed by atoms with Crippen molar-refractivity contribution in [3.63, 3.8) is 0 Å². The van der Waals surface area contributed by atoms with Gasteiger partial charge in [-0.25, -0.2) is 4.79 Å². The van der Waals surface area contributed by atoms with Gasteiger partial charge in [0.2, 0.25) is 0 Å². The average molecular weight is 261 g/mol. The Morgan fingerprint density at radius 1 is 1.37 bits per heavy atom. The van der Waals surface area contributed by atoms with E-state index in [1.165, 1.54) is 0 Å². The van der Waals surface area contributed by atoms with E-state index in [-0.39, 0.29) is 17.9 Å². The molecule has 1 aromatic carbocycles. The molecule has 5 heteroatoms. The van der Waals surface area contributed by atoms with Crippen LogP contribution in [0.5, 0.6) is 0 Å². The number of amides is 3. The van der Waals surface area contributed by atoms with Crippen LogP contribution in [0.2, 0.25) is 0 Å². The van der Waals surface area contributed by atoms with Gasteiger partial charge in [-0.05, 0) is 18.1 Å². The third-order valence-corrected chi connectivity index (χ3v) is 3.20. The fourth-order valence-electron chi connectivity index (χ4n) is 2.18. The zero-order valence-corrected chi connectivity index (χ0v) is 11.0. The number of urea groups is 1. The molecule has 0 saturated carbocycles. The predicted molar refractivity (Wildman–Crippen MR) is 73.2 cm³/mol. The van der Waals surface area contributed by atoms with E-state index < -0.39 is 0 Å². The molecule has 1 unspecified atom stereocenters. The Balaban J connectivity index is 1.97. The standard InChI is InChI=1S/C14H19N3O2/c1-2-7-15-14(19)17-9-10-8-16-13(18)12-6-4-3-5-11(10)12/h3-6,10H,2,7-9H2,1H3,(H,16,18)(H2,15,17,19). The summed E-state index contributed by atoms with van der Waals surface area (Å²) in [5.74, 6) is 0.0866. The predicted octanol–water partition coefficient (Wildman–Crippen LogP) is 1.22. The Kier molecular flexibility index (Phi) is 4.39. The van der Waals surface area contributed by atoms with E-state index in [1.807, 2.05) is 31.2 Å². The Hall–Kier alpha value is -2.04. The van der Waals surface area contributed by atoms with Gasteiger partial charge < -0.3 is 16.0 Å². The number of fused-ring (bicyclic) bond motifs is 1. The SMILES string of the molecule is CCCNC(=O)NCC1CNC(=O)c2ccccc21. The van der Waals surface area contributed by atoms with E-state index in [0.29, 0.717) is 25.2 Å². The molecule has 19 heavy (non-hydrogen) atoms. The minimum atomic E-state index is -0.156. The summed E-state index contributed by atoms with van der Waals surface area (Å²) >= 11 is 0. The van der Waals surface area contributed by atoms with E-state index >= 15 is 0 Å². The van der Waals surface area contributed by atoms with Gasteiger partial charge in [0.25, 0.3) is 5.91 Å². The van der Waals surface area contributed by atoms with Crippen molar-refractivity contribution in [2.45, 2.75) is 19.3 Å². The van der Waals surface area contributed by atoms with Crippen molar-refractivity contribution in [3.05, 3.63) is 35.4 Å². The smallest absolute Gasteiger partial charge is 0.314 e. The first-order chi connectivity index (χ1) is 9.22. The number of rotatable bonds is 4. The quantitative estimate of drug-likeness (QED) is 0.762. The molecule has 0 spiro atoms. The summed E-state index contributed by atoms with van der Waals surface area (Å²) in [6, 6.07) is 7.37. The summed E-state index contributed by atoms with van der Waals surface area (Å²) in [6.45, 7) is 3.76. The number of carbonyl (C=O) groups is 2. The minimum absolute atomic E-state index is 0.0396. The lowest BCUT2D eigenvalue weighted by Gasteiger charge is -2.25. The lowest BCUT2D eigenvalue weighted by atomic mass is 9.90. The Labute approximate surface area is 112 Å². The number of hydrogen-bond acceptors (Lipinski definition) is 2. The molecule has 0 fully saturated rings. The van der Waals surface area contributed by atoms with Gasteiger partial charge in [-0.3, -0.25) is 4.79 Å². The summed E-state index contributed by atoms with van der Waals surface area (Å²) in [4.78, 5) is 23.2. The molecule has 1 atom stereocenters. The van der Waals surface area contributed by atoms with E-state index in [9.17, 15) is 9.59 Å². The van der Waals surface area contributed by atoms with Gasteiger partial charge in [-0.15, -0.1) is 0 Å². The van der Waals surface area contributed by atoms with Crippen LogP contribution in [-0.4, -0.2) is 31.6 Å². The monoisotopic (exact) mass is 261 g/mol. The second kappa shape index (κ2) is 6.22. The molecule has 3 amide bonds. The summed E-state index contributed by atoms with van der Waals surface area (Å²) in [6.07, 6.45) is 0.912. The summed E-state index contributed by atoms with van der Waals surface area (Å²) in [5, 5.41) is 8.45. The molecule has 1 aromatic rings. The van der Waals surface area contributed by atoms with Crippen molar-refractivity contribution in [3.8, 4) is 0 Å². The maximum atomic E-state index is 11.7. The van der Waals surface area contributed by atoms with Gasteiger partial charge in [-0.2, -0.15) is 0 Å². The number of hydrogen-bond donors (Lipinski definition) is 3.